The summed E-state index contributed by atoms with van der Waals surface area (Å²) in [7, 11) is 0. The van der Waals surface area contributed by atoms with Crippen molar-refractivity contribution >= 4 is 29.4 Å². The van der Waals surface area contributed by atoms with Gasteiger partial charge in [-0.2, -0.15) is 0 Å². The van der Waals surface area contributed by atoms with Crippen LogP contribution >= 0.6 is 0 Å². The lowest BCUT2D eigenvalue weighted by Gasteiger charge is -2.33. The van der Waals surface area contributed by atoms with Crippen LogP contribution in [0.25, 0.3) is 17.2 Å². The molecular weight excluding hydrogens is 498 g/mol. The van der Waals surface area contributed by atoms with Crippen LogP contribution < -0.4 is 10.2 Å². The van der Waals surface area contributed by atoms with E-state index < -0.39 is 18.4 Å². The minimum atomic E-state index is -1.18. The van der Waals surface area contributed by atoms with Gasteiger partial charge in [0.15, 0.2) is 17.2 Å². The zero-order chi connectivity index (χ0) is 27.9. The van der Waals surface area contributed by atoms with Crippen molar-refractivity contribution in [1.82, 2.24) is 20.3 Å². The molecule has 3 heterocycles. The summed E-state index contributed by atoms with van der Waals surface area (Å²) in [5.74, 6) is -1.49. The third kappa shape index (κ3) is 7.25. The maximum Gasteiger partial charge on any atom is 0.322 e. The van der Waals surface area contributed by atoms with Crippen molar-refractivity contribution in [2.45, 2.75) is 33.1 Å². The third-order valence-electron chi connectivity index (χ3n) is 6.65. The number of aliphatic carboxylic acids is 1. The van der Waals surface area contributed by atoms with E-state index in [2.05, 4.69) is 49.4 Å². The number of hydrogen-bond acceptors (Lipinski definition) is 8. The Morgan fingerprint density at radius 2 is 1.74 bits per heavy atom. The Labute approximate surface area is 226 Å². The molecule has 0 atom stereocenters. The standard InChI is InChI=1S/C29H31N5O5/c1-18(35)3-7-23-8-4-22(16-30-23)21-5-9-24(10-6-21)34-13-11-20(12-14-34)15-25-32-19(2)28(38)27(33-25)29(39)31-17-26(36)37/h3-10,16,20,38H,11-15,17H2,1-2H3,(H,31,39)(H,36,37)/b7-3+. The SMILES string of the molecule is CC(=O)/C=C/c1ccc(-c2ccc(N3CCC(Cc4nc(C)c(O)c(C(=O)NCC(=O)O)n4)CC3)cc2)cn1. The average molecular weight is 530 g/mol. The minimum absolute atomic E-state index is 0.0163. The molecule has 0 bridgehead atoms. The predicted octanol–water partition coefficient (Wildman–Crippen LogP) is 3.43. The second-order valence-corrected chi connectivity index (χ2v) is 9.60. The molecule has 1 amide bonds. The molecule has 1 aliphatic rings. The van der Waals surface area contributed by atoms with E-state index in [4.69, 9.17) is 5.11 Å². The molecule has 3 aromatic rings. The van der Waals surface area contributed by atoms with Crippen LogP contribution in [-0.4, -0.2) is 62.5 Å². The first kappa shape index (κ1) is 27.4. The number of carboxylic acids is 1. The second-order valence-electron chi connectivity index (χ2n) is 9.60. The minimum Gasteiger partial charge on any atom is -0.504 e. The van der Waals surface area contributed by atoms with Gasteiger partial charge in [-0.15, -0.1) is 0 Å². The maximum absolute atomic E-state index is 12.3. The number of amides is 1. The Bertz CT molecular complexity index is 1380. The molecule has 1 aliphatic heterocycles. The molecule has 10 nitrogen and oxygen atoms in total. The fourth-order valence-corrected chi connectivity index (χ4v) is 4.51. The Balaban J connectivity index is 1.34. The van der Waals surface area contributed by atoms with Gasteiger partial charge in [-0.25, -0.2) is 9.97 Å². The van der Waals surface area contributed by atoms with E-state index in [-0.39, 0.29) is 22.9 Å². The zero-order valence-electron chi connectivity index (χ0n) is 21.9. The largest absolute Gasteiger partial charge is 0.504 e. The lowest BCUT2D eigenvalue weighted by Crippen LogP contribution is -2.34. The Morgan fingerprint density at radius 3 is 2.36 bits per heavy atom. The predicted molar refractivity (Wildman–Crippen MR) is 146 cm³/mol. The van der Waals surface area contributed by atoms with Crippen LogP contribution in [0.5, 0.6) is 5.75 Å². The molecule has 10 heteroatoms. The number of anilines is 1. The van der Waals surface area contributed by atoms with Gasteiger partial charge in [0.1, 0.15) is 12.4 Å². The van der Waals surface area contributed by atoms with Gasteiger partial charge in [0.2, 0.25) is 0 Å². The number of carbonyl (C=O) groups is 3. The number of carboxylic acid groups (broad SMARTS) is 1. The van der Waals surface area contributed by atoms with Crippen LogP contribution in [-0.2, 0) is 16.0 Å². The van der Waals surface area contributed by atoms with Gasteiger partial charge in [-0.1, -0.05) is 18.2 Å². The van der Waals surface area contributed by atoms with E-state index >= 15 is 0 Å². The number of hydrogen-bond donors (Lipinski definition) is 3. The highest BCUT2D eigenvalue weighted by atomic mass is 16.4. The number of nitrogens with one attached hydrogen (secondary N) is 1. The molecule has 202 valence electrons. The lowest BCUT2D eigenvalue weighted by atomic mass is 9.92. The van der Waals surface area contributed by atoms with Gasteiger partial charge >= 0.3 is 5.97 Å². The van der Waals surface area contributed by atoms with E-state index in [9.17, 15) is 19.5 Å². The first-order valence-corrected chi connectivity index (χ1v) is 12.8. The lowest BCUT2D eigenvalue weighted by molar-refractivity contribution is -0.135. The van der Waals surface area contributed by atoms with Crippen molar-refractivity contribution in [3.05, 3.63) is 71.6 Å². The number of ketones is 1. The number of aryl methyl sites for hydroxylation is 1. The van der Waals surface area contributed by atoms with Crippen LogP contribution in [0.2, 0.25) is 0 Å². The molecule has 39 heavy (non-hydrogen) atoms. The summed E-state index contributed by atoms with van der Waals surface area (Å²) in [4.78, 5) is 49.5. The van der Waals surface area contributed by atoms with Gasteiger partial charge in [-0.3, -0.25) is 19.4 Å². The van der Waals surface area contributed by atoms with Crippen LogP contribution in [0.15, 0.2) is 48.7 Å². The molecule has 3 N–H and O–H groups in total. The fourth-order valence-electron chi connectivity index (χ4n) is 4.51. The van der Waals surface area contributed by atoms with E-state index in [1.807, 2.05) is 12.1 Å². The van der Waals surface area contributed by atoms with Crippen LogP contribution in [0, 0.1) is 12.8 Å². The quantitative estimate of drug-likeness (QED) is 0.355. The summed E-state index contributed by atoms with van der Waals surface area (Å²) in [6.45, 7) is 4.28. The van der Waals surface area contributed by atoms with Gasteiger partial charge < -0.3 is 20.4 Å². The summed E-state index contributed by atoms with van der Waals surface area (Å²) >= 11 is 0. The smallest absolute Gasteiger partial charge is 0.322 e. The van der Waals surface area contributed by atoms with Crippen molar-refractivity contribution in [2.24, 2.45) is 5.92 Å². The number of aromatic hydroxyl groups is 1. The normalized spacial score (nSPS) is 13.9. The monoisotopic (exact) mass is 529 g/mol. The second kappa shape index (κ2) is 12.3. The van der Waals surface area contributed by atoms with Gasteiger partial charge in [0.25, 0.3) is 5.91 Å². The first-order valence-electron chi connectivity index (χ1n) is 12.8. The highest BCUT2D eigenvalue weighted by molar-refractivity contribution is 5.96. The zero-order valence-corrected chi connectivity index (χ0v) is 21.9. The van der Waals surface area contributed by atoms with Crippen LogP contribution in [0.1, 0.15) is 47.5 Å². The Morgan fingerprint density at radius 1 is 1.05 bits per heavy atom. The molecule has 0 aliphatic carbocycles. The maximum atomic E-state index is 12.3. The summed E-state index contributed by atoms with van der Waals surface area (Å²) in [5, 5.41) is 21.2. The number of rotatable bonds is 9. The number of benzene rings is 1. The number of carbonyl (C=O) groups excluding carboxylic acids is 2. The molecule has 4 rings (SSSR count). The number of aromatic nitrogens is 3. The molecule has 1 saturated heterocycles. The van der Waals surface area contributed by atoms with E-state index in [0.29, 0.717) is 18.2 Å². The molecule has 0 radical (unpaired) electrons. The van der Waals surface area contributed by atoms with Crippen molar-refractivity contribution in [3.63, 3.8) is 0 Å². The van der Waals surface area contributed by atoms with Crippen LogP contribution in [0.4, 0.5) is 5.69 Å². The van der Waals surface area contributed by atoms with Crippen molar-refractivity contribution in [3.8, 4) is 16.9 Å². The Hall–Kier alpha value is -4.60. The topological polar surface area (TPSA) is 146 Å². The summed E-state index contributed by atoms with van der Waals surface area (Å²) in [5.41, 5.74) is 4.02. The highest BCUT2D eigenvalue weighted by Gasteiger charge is 2.23. The number of nitrogens with zero attached hydrogens (tertiary/aromatic N) is 4. The Kier molecular flexibility index (Phi) is 8.65. The fraction of sp³-hybridized carbons (Fsp3) is 0.310. The summed E-state index contributed by atoms with van der Waals surface area (Å²) in [6, 6.07) is 12.2. The molecule has 0 saturated carbocycles. The molecule has 0 unspecified atom stereocenters. The van der Waals surface area contributed by atoms with Crippen molar-refractivity contribution in [1.29, 1.82) is 0 Å². The highest BCUT2D eigenvalue weighted by Crippen LogP contribution is 2.28. The van der Waals surface area contributed by atoms with Crippen molar-refractivity contribution in [2.75, 3.05) is 24.5 Å². The van der Waals surface area contributed by atoms with Crippen molar-refractivity contribution < 1.29 is 24.6 Å². The average Bonchev–Trinajstić information content (AvgIpc) is 2.93. The molecule has 0 spiro atoms. The van der Waals surface area contributed by atoms with E-state index in [0.717, 1.165) is 48.4 Å². The summed E-state index contributed by atoms with van der Waals surface area (Å²) in [6.07, 6.45) is 7.41. The number of piperidine rings is 1. The van der Waals surface area contributed by atoms with Gasteiger partial charge in [-0.05, 0) is 68.5 Å². The molecule has 2 aromatic heterocycles. The van der Waals surface area contributed by atoms with E-state index in [1.165, 1.54) is 13.0 Å². The molecular formula is C29H31N5O5. The summed E-state index contributed by atoms with van der Waals surface area (Å²) < 4.78 is 0. The first-order chi connectivity index (χ1) is 18.7. The number of allylic oxidation sites excluding steroid dienone is 1. The molecule has 1 aromatic carbocycles. The van der Waals surface area contributed by atoms with Gasteiger partial charge in [0, 0.05) is 37.0 Å². The molecule has 1 fully saturated rings. The third-order valence-corrected chi connectivity index (χ3v) is 6.65. The van der Waals surface area contributed by atoms with Crippen LogP contribution in [0.3, 0.4) is 0 Å². The number of pyridine rings is 1. The van der Waals surface area contributed by atoms with Gasteiger partial charge in [0.05, 0.1) is 11.4 Å². The van der Waals surface area contributed by atoms with E-state index in [1.54, 1.807) is 19.2 Å².